The van der Waals surface area contributed by atoms with Gasteiger partial charge in [-0.1, -0.05) is 23.7 Å². The van der Waals surface area contributed by atoms with Crippen molar-refractivity contribution in [2.24, 2.45) is 0 Å². The Morgan fingerprint density at radius 1 is 1.28 bits per heavy atom. The monoisotopic (exact) mass is 380 g/mol. The Balaban J connectivity index is 2.21. The van der Waals surface area contributed by atoms with E-state index < -0.39 is 15.9 Å². The van der Waals surface area contributed by atoms with Crippen LogP contribution in [0.2, 0.25) is 5.02 Å². The van der Waals surface area contributed by atoms with Crippen molar-refractivity contribution in [1.82, 2.24) is 4.72 Å². The maximum Gasteiger partial charge on any atom is 0.255 e. The zero-order chi connectivity index (χ0) is 18.4. The minimum atomic E-state index is -3.71. The van der Waals surface area contributed by atoms with Gasteiger partial charge in [-0.05, 0) is 36.4 Å². The van der Waals surface area contributed by atoms with Crippen LogP contribution in [0.25, 0.3) is 0 Å². The fraction of sp³-hybridized carbons (Fsp3) is 0.118. The lowest BCUT2D eigenvalue weighted by atomic mass is 10.2. The molecule has 25 heavy (non-hydrogen) atoms. The first-order chi connectivity index (χ1) is 11.9. The molecule has 0 fully saturated rings. The van der Waals surface area contributed by atoms with Gasteiger partial charge in [0.15, 0.2) is 0 Å². The maximum absolute atomic E-state index is 12.4. The van der Waals surface area contributed by atoms with Crippen molar-refractivity contribution in [2.75, 3.05) is 19.0 Å². The number of hydrogen-bond donors (Lipinski definition) is 2. The quantitative estimate of drug-likeness (QED) is 0.723. The van der Waals surface area contributed by atoms with Gasteiger partial charge < -0.3 is 10.1 Å². The van der Waals surface area contributed by atoms with E-state index in [1.165, 1.54) is 37.5 Å². The van der Waals surface area contributed by atoms with Gasteiger partial charge in [0, 0.05) is 17.8 Å². The van der Waals surface area contributed by atoms with Gasteiger partial charge in [-0.3, -0.25) is 4.79 Å². The number of carbonyl (C=O) groups excluding carboxylic acids is 1. The van der Waals surface area contributed by atoms with Crippen molar-refractivity contribution in [3.05, 3.63) is 65.7 Å². The molecule has 8 heteroatoms. The fourth-order valence-corrected chi connectivity index (χ4v) is 3.31. The molecule has 0 heterocycles. The number of hydrogen-bond acceptors (Lipinski definition) is 4. The largest absolute Gasteiger partial charge is 0.495 e. The summed E-state index contributed by atoms with van der Waals surface area (Å²) in [7, 11) is -2.21. The highest BCUT2D eigenvalue weighted by Crippen LogP contribution is 2.27. The van der Waals surface area contributed by atoms with E-state index in [-0.39, 0.29) is 17.0 Å². The zero-order valence-corrected chi connectivity index (χ0v) is 15.0. The van der Waals surface area contributed by atoms with Crippen molar-refractivity contribution in [1.29, 1.82) is 0 Å². The van der Waals surface area contributed by atoms with E-state index in [1.807, 2.05) is 0 Å². The van der Waals surface area contributed by atoms with Crippen LogP contribution in [-0.2, 0) is 10.0 Å². The van der Waals surface area contributed by atoms with Gasteiger partial charge in [0.2, 0.25) is 10.0 Å². The first kappa shape index (κ1) is 19.0. The Morgan fingerprint density at radius 2 is 2.04 bits per heavy atom. The number of benzene rings is 2. The first-order valence-corrected chi connectivity index (χ1v) is 9.09. The van der Waals surface area contributed by atoms with Crippen LogP contribution in [0.1, 0.15) is 10.4 Å². The van der Waals surface area contributed by atoms with Crippen LogP contribution >= 0.6 is 11.6 Å². The molecule has 2 N–H and O–H groups in total. The van der Waals surface area contributed by atoms with Gasteiger partial charge in [0.1, 0.15) is 5.75 Å². The van der Waals surface area contributed by atoms with Crippen LogP contribution in [0.15, 0.2) is 60.0 Å². The third-order valence-electron chi connectivity index (χ3n) is 3.23. The van der Waals surface area contributed by atoms with E-state index in [0.717, 1.165) is 0 Å². The summed E-state index contributed by atoms with van der Waals surface area (Å²) in [5, 5.41) is 3.01. The van der Waals surface area contributed by atoms with Crippen molar-refractivity contribution < 1.29 is 17.9 Å². The molecule has 0 aromatic heterocycles. The molecule has 0 aliphatic rings. The SMILES string of the molecule is C=CCNS(=O)(=O)c1cccc(C(=O)Nc2ccc(OC)c(Cl)c2)c1. The van der Waals surface area contributed by atoms with E-state index in [1.54, 1.807) is 18.2 Å². The number of sulfonamides is 1. The van der Waals surface area contributed by atoms with Crippen molar-refractivity contribution in [3.63, 3.8) is 0 Å². The van der Waals surface area contributed by atoms with Gasteiger partial charge in [-0.25, -0.2) is 13.1 Å². The molecule has 0 saturated heterocycles. The highest BCUT2D eigenvalue weighted by Gasteiger charge is 2.15. The zero-order valence-electron chi connectivity index (χ0n) is 13.5. The second-order valence-electron chi connectivity index (χ2n) is 4.97. The Labute approximate surface area is 151 Å². The predicted molar refractivity (Wildman–Crippen MR) is 97.8 cm³/mol. The molecule has 0 unspecified atom stereocenters. The van der Waals surface area contributed by atoms with E-state index in [4.69, 9.17) is 16.3 Å². The number of methoxy groups -OCH3 is 1. The second-order valence-corrected chi connectivity index (χ2v) is 7.15. The Hall–Kier alpha value is -2.35. The molecule has 132 valence electrons. The van der Waals surface area contributed by atoms with Crippen molar-refractivity contribution >= 4 is 33.2 Å². The van der Waals surface area contributed by atoms with Gasteiger partial charge in [-0.2, -0.15) is 0 Å². The van der Waals surface area contributed by atoms with Crippen LogP contribution in [0, 0.1) is 0 Å². The van der Waals surface area contributed by atoms with Crippen LogP contribution in [-0.4, -0.2) is 28.0 Å². The molecule has 0 radical (unpaired) electrons. The second kappa shape index (κ2) is 8.15. The Bertz CT molecular complexity index is 897. The molecule has 0 spiro atoms. The maximum atomic E-state index is 12.4. The number of amides is 1. The molecular formula is C17H17ClN2O4S. The number of rotatable bonds is 7. The fourth-order valence-electron chi connectivity index (χ4n) is 2.00. The molecule has 0 bridgehead atoms. The molecule has 2 rings (SSSR count). The smallest absolute Gasteiger partial charge is 0.255 e. The molecule has 0 atom stereocenters. The number of ether oxygens (including phenoxy) is 1. The lowest BCUT2D eigenvalue weighted by Crippen LogP contribution is -2.24. The molecule has 0 aliphatic heterocycles. The molecule has 0 saturated carbocycles. The standard InChI is InChI=1S/C17H17ClN2O4S/c1-3-9-19-25(22,23)14-6-4-5-12(10-14)17(21)20-13-7-8-16(24-2)15(18)11-13/h3-8,10-11,19H,1,9H2,2H3,(H,20,21). The molecule has 2 aromatic rings. The highest BCUT2D eigenvalue weighted by molar-refractivity contribution is 7.89. The van der Waals surface area contributed by atoms with E-state index >= 15 is 0 Å². The van der Waals surface area contributed by atoms with E-state index in [9.17, 15) is 13.2 Å². The van der Waals surface area contributed by atoms with Gasteiger partial charge in [-0.15, -0.1) is 6.58 Å². The molecule has 2 aromatic carbocycles. The molecule has 6 nitrogen and oxygen atoms in total. The van der Waals surface area contributed by atoms with Crippen molar-refractivity contribution in [2.45, 2.75) is 4.90 Å². The first-order valence-electron chi connectivity index (χ1n) is 7.23. The Kier molecular flexibility index (Phi) is 6.19. The molecule has 0 aliphatic carbocycles. The van der Waals surface area contributed by atoms with Crippen LogP contribution < -0.4 is 14.8 Å². The third-order valence-corrected chi connectivity index (χ3v) is 4.95. The normalized spacial score (nSPS) is 11.0. The van der Waals surface area contributed by atoms with Crippen LogP contribution in [0.3, 0.4) is 0 Å². The summed E-state index contributed by atoms with van der Waals surface area (Å²) in [6.45, 7) is 3.56. The lowest BCUT2D eigenvalue weighted by molar-refractivity contribution is 0.102. The van der Waals surface area contributed by atoms with E-state index in [2.05, 4.69) is 16.6 Å². The van der Waals surface area contributed by atoms with E-state index in [0.29, 0.717) is 16.5 Å². The summed E-state index contributed by atoms with van der Waals surface area (Å²) in [5.41, 5.74) is 0.669. The summed E-state index contributed by atoms with van der Waals surface area (Å²) in [5.74, 6) is 0.0306. The van der Waals surface area contributed by atoms with Crippen LogP contribution in [0.5, 0.6) is 5.75 Å². The number of nitrogens with one attached hydrogen (secondary N) is 2. The highest BCUT2D eigenvalue weighted by atomic mass is 35.5. The molecule has 1 amide bonds. The summed E-state index contributed by atoms with van der Waals surface area (Å²) in [4.78, 5) is 12.4. The minimum absolute atomic E-state index is 0.00485. The Morgan fingerprint density at radius 3 is 2.68 bits per heavy atom. The molecular weight excluding hydrogens is 364 g/mol. The summed E-state index contributed by atoms with van der Waals surface area (Å²) in [6, 6.07) is 10.5. The summed E-state index contributed by atoms with van der Waals surface area (Å²) < 4.78 is 31.6. The minimum Gasteiger partial charge on any atom is -0.495 e. The number of anilines is 1. The summed E-state index contributed by atoms with van der Waals surface area (Å²) in [6.07, 6.45) is 1.43. The average molecular weight is 381 g/mol. The van der Waals surface area contributed by atoms with Gasteiger partial charge in [0.25, 0.3) is 5.91 Å². The number of halogens is 1. The number of carbonyl (C=O) groups is 1. The lowest BCUT2D eigenvalue weighted by Gasteiger charge is -2.09. The van der Waals surface area contributed by atoms with Gasteiger partial charge in [0.05, 0.1) is 17.0 Å². The van der Waals surface area contributed by atoms with Gasteiger partial charge >= 0.3 is 0 Å². The van der Waals surface area contributed by atoms with Crippen molar-refractivity contribution in [3.8, 4) is 5.75 Å². The topological polar surface area (TPSA) is 84.5 Å². The average Bonchev–Trinajstić information content (AvgIpc) is 2.60. The predicted octanol–water partition coefficient (Wildman–Crippen LogP) is 3.07. The summed E-state index contributed by atoms with van der Waals surface area (Å²) >= 11 is 6.02. The van der Waals surface area contributed by atoms with Crippen LogP contribution in [0.4, 0.5) is 5.69 Å². The third kappa shape index (κ3) is 4.82.